The van der Waals surface area contributed by atoms with Gasteiger partial charge in [-0.05, 0) is 32.6 Å². The fraction of sp³-hybridized carbons (Fsp3) is 1.00. The van der Waals surface area contributed by atoms with Crippen LogP contribution in [0.5, 0.6) is 0 Å². The van der Waals surface area contributed by atoms with Crippen molar-refractivity contribution in [2.24, 2.45) is 5.41 Å². The molecule has 80 valence electrons. The van der Waals surface area contributed by atoms with Crippen LogP contribution in [0.3, 0.4) is 0 Å². The third-order valence-electron chi connectivity index (χ3n) is 1.56. The summed E-state index contributed by atoms with van der Waals surface area (Å²) in [7, 11) is 0. The molecular weight excluding hydrogens is 164 g/mol. The predicted octanol–water partition coefficient (Wildman–Crippen LogP) is 2.60. The Kier molecular flexibility index (Phi) is 4.40. The first-order valence-electron chi connectivity index (χ1n) is 4.93. The van der Waals surface area contributed by atoms with E-state index in [0.29, 0.717) is 0 Å². The Hall–Kier alpha value is -0.0800. The van der Waals surface area contributed by atoms with Crippen LogP contribution in [0.25, 0.3) is 0 Å². The first-order valence-corrected chi connectivity index (χ1v) is 4.93. The van der Waals surface area contributed by atoms with E-state index in [1.807, 2.05) is 20.8 Å². The molecule has 2 heteroatoms. The highest BCUT2D eigenvalue weighted by Crippen LogP contribution is 2.24. The third-order valence-corrected chi connectivity index (χ3v) is 1.56. The van der Waals surface area contributed by atoms with Gasteiger partial charge in [0.25, 0.3) is 0 Å². The molecule has 0 radical (unpaired) electrons. The molecule has 0 heterocycles. The van der Waals surface area contributed by atoms with E-state index >= 15 is 0 Å². The molecule has 0 aromatic rings. The van der Waals surface area contributed by atoms with E-state index < -0.39 is 0 Å². The van der Waals surface area contributed by atoms with Gasteiger partial charge in [0, 0.05) is 0 Å². The zero-order chi connectivity index (χ0) is 10.7. The minimum Gasteiger partial charge on any atom is -0.394 e. The predicted molar refractivity (Wildman–Crippen MR) is 55.8 cm³/mol. The molecule has 0 spiro atoms. The molecular formula is C11H24O2. The molecule has 0 fully saturated rings. The summed E-state index contributed by atoms with van der Waals surface area (Å²) in [6.07, 6.45) is 0.848. The van der Waals surface area contributed by atoms with Crippen molar-refractivity contribution in [2.45, 2.75) is 59.7 Å². The minimum atomic E-state index is -0.168. The van der Waals surface area contributed by atoms with Crippen molar-refractivity contribution in [1.82, 2.24) is 0 Å². The van der Waals surface area contributed by atoms with Gasteiger partial charge in [-0.2, -0.15) is 0 Å². The van der Waals surface area contributed by atoms with Crippen molar-refractivity contribution in [3.63, 3.8) is 0 Å². The Morgan fingerprint density at radius 1 is 1.08 bits per heavy atom. The van der Waals surface area contributed by atoms with Crippen molar-refractivity contribution in [3.05, 3.63) is 0 Å². The summed E-state index contributed by atoms with van der Waals surface area (Å²) >= 11 is 0. The van der Waals surface area contributed by atoms with Gasteiger partial charge in [0.05, 0.1) is 18.3 Å². The van der Waals surface area contributed by atoms with E-state index in [1.54, 1.807) is 0 Å². The first-order chi connectivity index (χ1) is 5.64. The SMILES string of the molecule is CC(C)(C)CC(CO)OC(C)(C)C. The van der Waals surface area contributed by atoms with E-state index in [-0.39, 0.29) is 23.7 Å². The van der Waals surface area contributed by atoms with Crippen molar-refractivity contribution in [1.29, 1.82) is 0 Å². The highest BCUT2D eigenvalue weighted by atomic mass is 16.5. The van der Waals surface area contributed by atoms with Crippen LogP contribution in [0.4, 0.5) is 0 Å². The molecule has 1 unspecified atom stereocenters. The average molecular weight is 188 g/mol. The fourth-order valence-electron chi connectivity index (χ4n) is 1.33. The molecule has 1 atom stereocenters. The Morgan fingerprint density at radius 3 is 1.77 bits per heavy atom. The Bertz CT molecular complexity index is 123. The Morgan fingerprint density at radius 2 is 1.54 bits per heavy atom. The number of rotatable bonds is 3. The summed E-state index contributed by atoms with van der Waals surface area (Å²) in [6.45, 7) is 12.6. The maximum Gasteiger partial charge on any atom is 0.0817 e. The maximum absolute atomic E-state index is 9.13. The molecule has 0 aromatic carbocycles. The highest BCUT2D eigenvalue weighted by Gasteiger charge is 2.23. The van der Waals surface area contributed by atoms with Gasteiger partial charge in [0.15, 0.2) is 0 Å². The fourth-order valence-corrected chi connectivity index (χ4v) is 1.33. The van der Waals surface area contributed by atoms with Gasteiger partial charge in [-0.15, -0.1) is 0 Å². The lowest BCUT2D eigenvalue weighted by atomic mass is 9.89. The Labute approximate surface area is 82.3 Å². The van der Waals surface area contributed by atoms with Crippen molar-refractivity contribution < 1.29 is 9.84 Å². The lowest BCUT2D eigenvalue weighted by Gasteiger charge is -2.30. The topological polar surface area (TPSA) is 29.5 Å². The molecule has 2 nitrogen and oxygen atoms in total. The normalized spacial score (nSPS) is 15.9. The molecule has 0 aliphatic carbocycles. The van der Waals surface area contributed by atoms with E-state index in [2.05, 4.69) is 20.8 Å². The highest BCUT2D eigenvalue weighted by molar-refractivity contribution is 4.72. The molecule has 0 rings (SSSR count). The van der Waals surface area contributed by atoms with Crippen LogP contribution in [0.1, 0.15) is 48.0 Å². The molecule has 0 aliphatic heterocycles. The van der Waals surface area contributed by atoms with Crippen LogP contribution < -0.4 is 0 Å². The van der Waals surface area contributed by atoms with Crippen molar-refractivity contribution in [2.75, 3.05) is 6.61 Å². The summed E-state index contributed by atoms with van der Waals surface area (Å²) in [4.78, 5) is 0. The second-order valence-electron chi connectivity index (χ2n) is 5.80. The molecule has 0 saturated heterocycles. The molecule has 13 heavy (non-hydrogen) atoms. The van der Waals surface area contributed by atoms with E-state index in [4.69, 9.17) is 9.84 Å². The van der Waals surface area contributed by atoms with Crippen LogP contribution in [-0.2, 0) is 4.74 Å². The van der Waals surface area contributed by atoms with E-state index in [9.17, 15) is 0 Å². The molecule has 1 N–H and O–H groups in total. The van der Waals surface area contributed by atoms with Gasteiger partial charge in [-0.1, -0.05) is 20.8 Å². The van der Waals surface area contributed by atoms with Crippen LogP contribution in [0, 0.1) is 5.41 Å². The van der Waals surface area contributed by atoms with Crippen molar-refractivity contribution >= 4 is 0 Å². The zero-order valence-corrected chi connectivity index (χ0v) is 9.85. The van der Waals surface area contributed by atoms with Gasteiger partial charge in [-0.25, -0.2) is 0 Å². The van der Waals surface area contributed by atoms with E-state index in [1.165, 1.54) is 0 Å². The first kappa shape index (κ1) is 12.9. The number of aliphatic hydroxyl groups is 1. The van der Waals surface area contributed by atoms with E-state index in [0.717, 1.165) is 6.42 Å². The summed E-state index contributed by atoms with van der Waals surface area (Å²) in [5.41, 5.74) is 0.0390. The quantitative estimate of drug-likeness (QED) is 0.737. The lowest BCUT2D eigenvalue weighted by molar-refractivity contribution is -0.0932. The molecule has 0 bridgehead atoms. The molecule has 0 aromatic heterocycles. The summed E-state index contributed by atoms with van der Waals surface area (Å²) in [5, 5.41) is 9.13. The zero-order valence-electron chi connectivity index (χ0n) is 9.85. The Balaban J connectivity index is 4.05. The second kappa shape index (κ2) is 4.43. The van der Waals surface area contributed by atoms with Crippen molar-refractivity contribution in [3.8, 4) is 0 Å². The smallest absolute Gasteiger partial charge is 0.0817 e. The maximum atomic E-state index is 9.13. The molecule has 0 aliphatic rings. The largest absolute Gasteiger partial charge is 0.394 e. The van der Waals surface area contributed by atoms with Crippen LogP contribution in [0.2, 0.25) is 0 Å². The number of ether oxygens (including phenoxy) is 1. The van der Waals surface area contributed by atoms with Crippen LogP contribution in [0.15, 0.2) is 0 Å². The average Bonchev–Trinajstić information content (AvgIpc) is 1.79. The van der Waals surface area contributed by atoms with Gasteiger partial charge < -0.3 is 9.84 Å². The van der Waals surface area contributed by atoms with Gasteiger partial charge in [0.1, 0.15) is 0 Å². The third kappa shape index (κ3) is 8.26. The van der Waals surface area contributed by atoms with Gasteiger partial charge in [-0.3, -0.25) is 0 Å². The number of hydrogen-bond acceptors (Lipinski definition) is 2. The second-order valence-corrected chi connectivity index (χ2v) is 5.80. The lowest BCUT2D eigenvalue weighted by Crippen LogP contribution is -2.32. The monoisotopic (exact) mass is 188 g/mol. The van der Waals surface area contributed by atoms with Crippen LogP contribution >= 0.6 is 0 Å². The minimum absolute atomic E-state index is 0.0417. The summed E-state index contributed by atoms with van der Waals surface area (Å²) in [6, 6.07) is 0. The molecule has 0 saturated carbocycles. The number of hydrogen-bond donors (Lipinski definition) is 1. The van der Waals surface area contributed by atoms with Gasteiger partial charge >= 0.3 is 0 Å². The number of aliphatic hydroxyl groups excluding tert-OH is 1. The summed E-state index contributed by atoms with van der Waals surface area (Å²) < 4.78 is 5.71. The van der Waals surface area contributed by atoms with Gasteiger partial charge in [0.2, 0.25) is 0 Å². The standard InChI is InChI=1S/C11H24O2/c1-10(2,3)7-9(8-12)13-11(4,5)6/h9,12H,7-8H2,1-6H3. The summed E-state index contributed by atoms with van der Waals surface area (Å²) in [5.74, 6) is 0. The molecule has 0 amide bonds. The van der Waals surface area contributed by atoms with Crippen LogP contribution in [-0.4, -0.2) is 23.4 Å².